The van der Waals surface area contributed by atoms with Gasteiger partial charge in [-0.3, -0.25) is 4.79 Å². The first kappa shape index (κ1) is 22.6. The first-order valence-electron chi connectivity index (χ1n) is 8.83. The van der Waals surface area contributed by atoms with Gasteiger partial charge in [-0.25, -0.2) is 0 Å². The average molecular weight is 597 g/mol. The average Bonchev–Trinajstić information content (AvgIpc) is 2.71. The molecule has 4 nitrogen and oxygen atoms in total. The second kappa shape index (κ2) is 10.3. The summed E-state index contributed by atoms with van der Waals surface area (Å²) in [5, 5.41) is 9.35. The number of aromatic hydroxyl groups is 1. The Morgan fingerprint density at radius 1 is 1.00 bits per heavy atom. The minimum atomic E-state index is -0.147. The molecule has 154 valence electrons. The zero-order chi connectivity index (χ0) is 21.7. The summed E-state index contributed by atoms with van der Waals surface area (Å²) >= 11 is 10.5. The lowest BCUT2D eigenvalue weighted by Gasteiger charge is -2.14. The van der Waals surface area contributed by atoms with E-state index < -0.39 is 0 Å². The summed E-state index contributed by atoms with van der Waals surface area (Å²) in [4.78, 5) is 12.3. The van der Waals surface area contributed by atoms with Gasteiger partial charge < -0.3 is 14.6 Å². The molecule has 0 aliphatic heterocycles. The molecule has 0 aliphatic rings. The van der Waals surface area contributed by atoms with Gasteiger partial charge in [0.2, 0.25) is 0 Å². The third-order valence-corrected chi connectivity index (χ3v) is 5.85. The highest BCUT2D eigenvalue weighted by atomic mass is 79.9. The van der Waals surface area contributed by atoms with Crippen LogP contribution in [0.15, 0.2) is 74.1 Å². The first-order valence-corrected chi connectivity index (χ1v) is 11.2. The molecule has 0 atom stereocenters. The number of allylic oxidation sites excluding steroid dienone is 1. The van der Waals surface area contributed by atoms with Crippen LogP contribution in [0.5, 0.6) is 17.2 Å². The van der Waals surface area contributed by atoms with Crippen LogP contribution < -0.4 is 9.47 Å². The Morgan fingerprint density at radius 3 is 2.30 bits per heavy atom. The van der Waals surface area contributed by atoms with Crippen molar-refractivity contribution in [2.24, 2.45) is 0 Å². The van der Waals surface area contributed by atoms with E-state index >= 15 is 0 Å². The molecule has 0 heterocycles. The number of phenolic OH excluding ortho intramolecular Hbond substituents is 1. The minimum absolute atomic E-state index is 0.124. The van der Waals surface area contributed by atoms with Crippen molar-refractivity contribution >= 4 is 59.6 Å². The van der Waals surface area contributed by atoms with E-state index in [4.69, 9.17) is 9.47 Å². The fourth-order valence-corrected chi connectivity index (χ4v) is 5.21. The normalized spacial score (nSPS) is 10.9. The van der Waals surface area contributed by atoms with Crippen LogP contribution in [0.1, 0.15) is 21.5 Å². The van der Waals surface area contributed by atoms with E-state index in [1.807, 2.05) is 30.3 Å². The van der Waals surface area contributed by atoms with Gasteiger partial charge >= 0.3 is 0 Å². The Labute approximate surface area is 199 Å². The molecule has 1 N–H and O–H groups in total. The summed E-state index contributed by atoms with van der Waals surface area (Å²) in [7, 11) is 1.61. The molecule has 3 aromatic carbocycles. The molecule has 0 fully saturated rings. The largest absolute Gasteiger partial charge is 0.508 e. The zero-order valence-corrected chi connectivity index (χ0v) is 20.6. The Morgan fingerprint density at radius 2 is 1.67 bits per heavy atom. The number of ether oxygens (including phenoxy) is 2. The third-order valence-electron chi connectivity index (χ3n) is 4.22. The molecule has 30 heavy (non-hydrogen) atoms. The predicted molar refractivity (Wildman–Crippen MR) is 128 cm³/mol. The van der Waals surface area contributed by atoms with Gasteiger partial charge in [0.05, 0.1) is 16.1 Å². The van der Waals surface area contributed by atoms with Gasteiger partial charge in [-0.1, -0.05) is 28.1 Å². The number of carbonyl (C=O) groups excluding carboxylic acids is 1. The molecule has 3 rings (SSSR count). The zero-order valence-electron chi connectivity index (χ0n) is 15.9. The van der Waals surface area contributed by atoms with Crippen molar-refractivity contribution in [3.63, 3.8) is 0 Å². The van der Waals surface area contributed by atoms with E-state index in [0.29, 0.717) is 17.1 Å². The molecule has 0 aromatic heterocycles. The van der Waals surface area contributed by atoms with Gasteiger partial charge in [0.1, 0.15) is 23.9 Å². The number of benzene rings is 3. The van der Waals surface area contributed by atoms with E-state index in [1.54, 1.807) is 25.3 Å². The highest BCUT2D eigenvalue weighted by Crippen LogP contribution is 2.37. The van der Waals surface area contributed by atoms with Gasteiger partial charge in [0.25, 0.3) is 0 Å². The fourth-order valence-electron chi connectivity index (χ4n) is 2.73. The van der Waals surface area contributed by atoms with Crippen LogP contribution in [0.25, 0.3) is 6.08 Å². The Kier molecular flexibility index (Phi) is 7.75. The molecule has 0 spiro atoms. The van der Waals surface area contributed by atoms with Crippen LogP contribution in [-0.2, 0) is 6.61 Å². The molecule has 0 saturated carbocycles. The van der Waals surface area contributed by atoms with Crippen LogP contribution >= 0.6 is 47.8 Å². The second-order valence-corrected chi connectivity index (χ2v) is 8.93. The van der Waals surface area contributed by atoms with Crippen molar-refractivity contribution in [1.82, 2.24) is 0 Å². The highest BCUT2D eigenvalue weighted by Gasteiger charge is 2.11. The molecule has 0 aliphatic carbocycles. The van der Waals surface area contributed by atoms with E-state index in [-0.39, 0.29) is 18.1 Å². The van der Waals surface area contributed by atoms with Crippen molar-refractivity contribution in [2.75, 3.05) is 7.11 Å². The molecule has 0 amide bonds. The van der Waals surface area contributed by atoms with Gasteiger partial charge in [0.15, 0.2) is 5.78 Å². The van der Waals surface area contributed by atoms with Gasteiger partial charge in [-0.15, -0.1) is 0 Å². The SMILES string of the molecule is COc1ccc(/C=C/C(=O)c2ccc(O)cc2)cc1COc1c(Br)cc(Br)cc1Br. The van der Waals surface area contributed by atoms with Gasteiger partial charge in [-0.05, 0) is 92.0 Å². The number of halogens is 3. The molecular formula is C23H17Br3O4. The summed E-state index contributed by atoms with van der Waals surface area (Å²) < 4.78 is 14.0. The number of hydrogen-bond donors (Lipinski definition) is 1. The molecule has 0 radical (unpaired) electrons. The molecule has 7 heteroatoms. The van der Waals surface area contributed by atoms with E-state index in [1.165, 1.54) is 18.2 Å². The maximum atomic E-state index is 12.3. The number of phenols is 1. The Balaban J connectivity index is 1.78. The highest BCUT2D eigenvalue weighted by molar-refractivity contribution is 9.11. The lowest BCUT2D eigenvalue weighted by atomic mass is 10.1. The summed E-state index contributed by atoms with van der Waals surface area (Å²) in [6, 6.07) is 15.6. The number of hydrogen-bond acceptors (Lipinski definition) is 4. The van der Waals surface area contributed by atoms with Gasteiger partial charge in [0, 0.05) is 15.6 Å². The van der Waals surface area contributed by atoms with Crippen molar-refractivity contribution < 1.29 is 19.4 Å². The number of methoxy groups -OCH3 is 1. The Hall–Kier alpha value is -2.09. The number of rotatable bonds is 7. The third kappa shape index (κ3) is 5.74. The lowest BCUT2D eigenvalue weighted by Crippen LogP contribution is -2.00. The van der Waals surface area contributed by atoms with Gasteiger partial charge in [-0.2, -0.15) is 0 Å². The minimum Gasteiger partial charge on any atom is -0.508 e. The topological polar surface area (TPSA) is 55.8 Å². The molecule has 0 saturated heterocycles. The first-order chi connectivity index (χ1) is 14.4. The Bertz CT molecular complexity index is 1070. The maximum absolute atomic E-state index is 12.3. The summed E-state index contributed by atoms with van der Waals surface area (Å²) in [5.74, 6) is 1.36. The molecule has 0 unspecified atom stereocenters. The lowest BCUT2D eigenvalue weighted by molar-refractivity contribution is 0.104. The van der Waals surface area contributed by atoms with Crippen LogP contribution in [0.4, 0.5) is 0 Å². The van der Waals surface area contributed by atoms with E-state index in [0.717, 1.165) is 24.5 Å². The van der Waals surface area contributed by atoms with Crippen LogP contribution in [0, 0.1) is 0 Å². The van der Waals surface area contributed by atoms with E-state index in [9.17, 15) is 9.90 Å². The molecule has 3 aromatic rings. The summed E-state index contributed by atoms with van der Waals surface area (Å²) in [6.45, 7) is 0.287. The number of carbonyl (C=O) groups is 1. The quantitative estimate of drug-likeness (QED) is 0.232. The second-order valence-electron chi connectivity index (χ2n) is 6.30. The maximum Gasteiger partial charge on any atom is 0.185 e. The molecule has 0 bridgehead atoms. The summed E-state index contributed by atoms with van der Waals surface area (Å²) in [5.41, 5.74) is 2.19. The van der Waals surface area contributed by atoms with Crippen LogP contribution in [0.3, 0.4) is 0 Å². The number of ketones is 1. The molecular weight excluding hydrogens is 580 g/mol. The van der Waals surface area contributed by atoms with Crippen molar-refractivity contribution in [1.29, 1.82) is 0 Å². The smallest absolute Gasteiger partial charge is 0.185 e. The van der Waals surface area contributed by atoms with Crippen molar-refractivity contribution in [3.8, 4) is 17.2 Å². The predicted octanol–water partition coefficient (Wildman–Crippen LogP) is 7.16. The fraction of sp³-hybridized carbons (Fsp3) is 0.0870. The summed E-state index contributed by atoms with van der Waals surface area (Å²) in [6.07, 6.45) is 3.24. The van der Waals surface area contributed by atoms with Crippen molar-refractivity contribution in [2.45, 2.75) is 6.61 Å². The van der Waals surface area contributed by atoms with Crippen LogP contribution in [-0.4, -0.2) is 18.0 Å². The van der Waals surface area contributed by atoms with Crippen molar-refractivity contribution in [3.05, 3.63) is 90.8 Å². The van der Waals surface area contributed by atoms with E-state index in [2.05, 4.69) is 47.8 Å². The van der Waals surface area contributed by atoms with Crippen LogP contribution in [0.2, 0.25) is 0 Å². The standard InChI is InChI=1S/C23H17Br3O4/c1-29-22-9-3-14(2-8-21(28)15-4-6-18(27)7-5-15)10-16(22)13-30-23-19(25)11-17(24)12-20(23)26/h2-12,27H,13H2,1H3/b8-2+. The monoisotopic (exact) mass is 594 g/mol.